The summed E-state index contributed by atoms with van der Waals surface area (Å²) < 4.78 is 0. The monoisotopic (exact) mass is 203 g/mol. The Morgan fingerprint density at radius 1 is 1.13 bits per heavy atom. The molecule has 1 heterocycles. The van der Waals surface area contributed by atoms with E-state index in [0.717, 1.165) is 19.5 Å². The van der Waals surface area contributed by atoms with Crippen molar-refractivity contribution in [3.8, 4) is 0 Å². The lowest BCUT2D eigenvalue weighted by Gasteiger charge is -2.34. The van der Waals surface area contributed by atoms with Gasteiger partial charge in [0, 0.05) is 0 Å². The van der Waals surface area contributed by atoms with Gasteiger partial charge in [-0.3, -0.25) is 0 Å². The van der Waals surface area contributed by atoms with Gasteiger partial charge >= 0.3 is 0 Å². The van der Waals surface area contributed by atoms with Crippen molar-refractivity contribution in [3.05, 3.63) is 35.4 Å². The number of piperidine rings is 1. The predicted octanol–water partition coefficient (Wildman–Crippen LogP) is 2.89. The van der Waals surface area contributed by atoms with Crippen molar-refractivity contribution >= 4 is 0 Å². The molecular weight excluding hydrogens is 182 g/mol. The van der Waals surface area contributed by atoms with Crippen molar-refractivity contribution in [2.24, 2.45) is 0 Å². The first-order chi connectivity index (χ1) is 7.24. The molecule has 0 spiro atoms. The second-order valence-corrected chi connectivity index (χ2v) is 4.86. The Balaban J connectivity index is 2.20. The molecule has 15 heavy (non-hydrogen) atoms. The summed E-state index contributed by atoms with van der Waals surface area (Å²) in [5.41, 5.74) is 3.36. The third-order valence-electron chi connectivity index (χ3n) is 3.77. The van der Waals surface area contributed by atoms with E-state index in [1.165, 1.54) is 24.0 Å². The van der Waals surface area contributed by atoms with Crippen molar-refractivity contribution in [2.75, 3.05) is 13.1 Å². The molecule has 1 nitrogen and oxygen atoms in total. The van der Waals surface area contributed by atoms with Crippen LogP contribution in [0.25, 0.3) is 0 Å². The van der Waals surface area contributed by atoms with Crippen LogP contribution < -0.4 is 5.32 Å². The number of aryl methyl sites for hydroxylation is 1. The van der Waals surface area contributed by atoms with E-state index in [2.05, 4.69) is 43.4 Å². The zero-order valence-corrected chi connectivity index (χ0v) is 9.84. The van der Waals surface area contributed by atoms with E-state index in [1.807, 2.05) is 0 Å². The van der Waals surface area contributed by atoms with Crippen LogP contribution in [-0.4, -0.2) is 13.1 Å². The highest BCUT2D eigenvalue weighted by Gasteiger charge is 2.28. The van der Waals surface area contributed by atoms with E-state index in [-0.39, 0.29) is 0 Å². The lowest BCUT2D eigenvalue weighted by Crippen LogP contribution is -2.37. The van der Waals surface area contributed by atoms with Crippen molar-refractivity contribution < 1.29 is 0 Å². The van der Waals surface area contributed by atoms with Gasteiger partial charge in [-0.2, -0.15) is 0 Å². The highest BCUT2D eigenvalue weighted by atomic mass is 14.9. The van der Waals surface area contributed by atoms with E-state index in [1.54, 1.807) is 0 Å². The Hall–Kier alpha value is -0.820. The minimum absolute atomic E-state index is 0.400. The Morgan fingerprint density at radius 2 is 1.73 bits per heavy atom. The summed E-state index contributed by atoms with van der Waals surface area (Å²) in [6, 6.07) is 9.21. The summed E-state index contributed by atoms with van der Waals surface area (Å²) >= 11 is 0. The van der Waals surface area contributed by atoms with Gasteiger partial charge in [-0.15, -0.1) is 0 Å². The van der Waals surface area contributed by atoms with E-state index in [9.17, 15) is 0 Å². The fourth-order valence-corrected chi connectivity index (χ4v) is 2.41. The Kier molecular flexibility index (Phi) is 3.11. The number of benzene rings is 1. The highest BCUT2D eigenvalue weighted by molar-refractivity contribution is 5.29. The maximum Gasteiger partial charge on any atom is -0.00405 e. The Labute approximate surface area is 92.9 Å². The van der Waals surface area contributed by atoms with E-state index < -0.39 is 0 Å². The molecule has 0 bridgehead atoms. The molecule has 2 rings (SSSR count). The third kappa shape index (κ3) is 2.23. The van der Waals surface area contributed by atoms with Gasteiger partial charge in [0.05, 0.1) is 0 Å². The number of nitrogens with one attached hydrogen (secondary N) is 1. The third-order valence-corrected chi connectivity index (χ3v) is 3.77. The number of hydrogen-bond acceptors (Lipinski definition) is 1. The minimum atomic E-state index is 0.400. The van der Waals surface area contributed by atoms with E-state index >= 15 is 0 Å². The van der Waals surface area contributed by atoms with Crippen LogP contribution in [0.3, 0.4) is 0 Å². The van der Waals surface area contributed by atoms with Gasteiger partial charge in [-0.25, -0.2) is 0 Å². The lowest BCUT2D eigenvalue weighted by atomic mass is 9.75. The largest absolute Gasteiger partial charge is 0.317 e. The topological polar surface area (TPSA) is 12.0 Å². The molecule has 1 aliphatic heterocycles. The van der Waals surface area contributed by atoms with Gasteiger partial charge in [0.15, 0.2) is 0 Å². The molecule has 1 aromatic rings. The first kappa shape index (κ1) is 10.7. The number of hydrogen-bond donors (Lipinski definition) is 1. The smallest absolute Gasteiger partial charge is 0.00405 e. The average Bonchev–Trinajstić information content (AvgIpc) is 2.30. The van der Waals surface area contributed by atoms with Crippen LogP contribution in [0.2, 0.25) is 0 Å². The molecule has 1 aromatic carbocycles. The van der Waals surface area contributed by atoms with E-state index in [4.69, 9.17) is 0 Å². The SMILES string of the molecule is CCc1ccc(C2(C)CCNCC2)cc1. The van der Waals surface area contributed by atoms with Crippen molar-refractivity contribution in [1.82, 2.24) is 5.32 Å². The first-order valence-corrected chi connectivity index (χ1v) is 6.05. The van der Waals surface area contributed by atoms with Gasteiger partial charge in [0.2, 0.25) is 0 Å². The predicted molar refractivity (Wildman–Crippen MR) is 65.3 cm³/mol. The van der Waals surface area contributed by atoms with Crippen LogP contribution in [0.4, 0.5) is 0 Å². The summed E-state index contributed by atoms with van der Waals surface area (Å²) in [4.78, 5) is 0. The maximum atomic E-state index is 3.43. The summed E-state index contributed by atoms with van der Waals surface area (Å²) in [5.74, 6) is 0. The molecule has 0 aliphatic carbocycles. The molecule has 82 valence electrons. The molecule has 1 fully saturated rings. The van der Waals surface area contributed by atoms with Gasteiger partial charge in [-0.1, -0.05) is 38.1 Å². The lowest BCUT2D eigenvalue weighted by molar-refractivity contribution is 0.335. The molecule has 0 saturated carbocycles. The van der Waals surface area contributed by atoms with E-state index in [0.29, 0.717) is 5.41 Å². The van der Waals surface area contributed by atoms with Crippen LogP contribution >= 0.6 is 0 Å². The average molecular weight is 203 g/mol. The van der Waals surface area contributed by atoms with Gasteiger partial charge in [0.25, 0.3) is 0 Å². The fourth-order valence-electron chi connectivity index (χ4n) is 2.41. The molecule has 0 unspecified atom stereocenters. The van der Waals surface area contributed by atoms with Crippen LogP contribution in [0, 0.1) is 0 Å². The molecule has 1 heteroatoms. The standard InChI is InChI=1S/C14H21N/c1-3-12-4-6-13(7-5-12)14(2)8-10-15-11-9-14/h4-7,15H,3,8-11H2,1-2H3. The normalized spacial score (nSPS) is 20.1. The van der Waals surface area contributed by atoms with Gasteiger partial charge < -0.3 is 5.32 Å². The molecular formula is C14H21N. The first-order valence-electron chi connectivity index (χ1n) is 6.05. The van der Waals surface area contributed by atoms with Crippen LogP contribution in [-0.2, 0) is 11.8 Å². The molecule has 1 saturated heterocycles. The zero-order valence-electron chi connectivity index (χ0n) is 9.84. The molecule has 0 radical (unpaired) electrons. The van der Waals surface area contributed by atoms with Gasteiger partial charge in [-0.05, 0) is 48.9 Å². The summed E-state index contributed by atoms with van der Waals surface area (Å²) in [6.07, 6.45) is 3.66. The molecule has 1 N–H and O–H groups in total. The fraction of sp³-hybridized carbons (Fsp3) is 0.571. The maximum absolute atomic E-state index is 3.43. The van der Waals surface area contributed by atoms with Gasteiger partial charge in [0.1, 0.15) is 0 Å². The molecule has 1 aliphatic rings. The molecule has 0 aromatic heterocycles. The Bertz CT molecular complexity index is 307. The highest BCUT2D eigenvalue weighted by Crippen LogP contribution is 2.32. The van der Waals surface area contributed by atoms with Crippen LogP contribution in [0.1, 0.15) is 37.8 Å². The minimum Gasteiger partial charge on any atom is -0.317 e. The second kappa shape index (κ2) is 4.36. The van der Waals surface area contributed by atoms with Crippen LogP contribution in [0.15, 0.2) is 24.3 Å². The zero-order chi connectivity index (χ0) is 10.7. The van der Waals surface area contributed by atoms with Crippen molar-refractivity contribution in [3.63, 3.8) is 0 Å². The molecule has 0 atom stereocenters. The second-order valence-electron chi connectivity index (χ2n) is 4.86. The van der Waals surface area contributed by atoms with Crippen molar-refractivity contribution in [1.29, 1.82) is 0 Å². The summed E-state index contributed by atoms with van der Waals surface area (Å²) in [5, 5.41) is 3.43. The quantitative estimate of drug-likeness (QED) is 0.779. The number of rotatable bonds is 2. The molecule has 0 amide bonds. The Morgan fingerprint density at radius 3 is 2.27 bits per heavy atom. The van der Waals surface area contributed by atoms with Crippen LogP contribution in [0.5, 0.6) is 0 Å². The summed E-state index contributed by atoms with van der Waals surface area (Å²) in [7, 11) is 0. The van der Waals surface area contributed by atoms with Crippen molar-refractivity contribution in [2.45, 2.75) is 38.5 Å². The summed E-state index contributed by atoms with van der Waals surface area (Å²) in [6.45, 7) is 6.92.